The Bertz CT molecular complexity index is 1400. The van der Waals surface area contributed by atoms with Crippen LogP contribution in [0.3, 0.4) is 0 Å². The second kappa shape index (κ2) is 8.78. The molecule has 1 N–H and O–H groups in total. The van der Waals surface area contributed by atoms with E-state index in [4.69, 9.17) is 4.98 Å². The number of hydrogen-bond acceptors (Lipinski definition) is 4. The van der Waals surface area contributed by atoms with E-state index in [2.05, 4.69) is 38.0 Å². The van der Waals surface area contributed by atoms with Crippen molar-refractivity contribution in [1.82, 2.24) is 19.7 Å². The maximum Gasteiger partial charge on any atom is 0.255 e. The Labute approximate surface area is 199 Å². The number of phenolic OH excluding ortho intramolecular Hbond substituents is 1. The number of hydrogen-bond donors (Lipinski definition) is 1. The summed E-state index contributed by atoms with van der Waals surface area (Å²) in [6.45, 7) is 7.36. The highest BCUT2D eigenvalue weighted by molar-refractivity contribution is 6.06. The van der Waals surface area contributed by atoms with Gasteiger partial charge in [-0.2, -0.15) is 5.10 Å². The molecule has 6 nitrogen and oxygen atoms in total. The molecular formula is C28H28N4O2. The molecule has 1 aliphatic rings. The van der Waals surface area contributed by atoms with E-state index in [-0.39, 0.29) is 17.7 Å². The lowest BCUT2D eigenvalue weighted by molar-refractivity contribution is 0.0775. The zero-order valence-corrected chi connectivity index (χ0v) is 19.7. The average molecular weight is 453 g/mol. The van der Waals surface area contributed by atoms with Crippen molar-refractivity contribution in [2.45, 2.75) is 33.2 Å². The van der Waals surface area contributed by atoms with Crippen LogP contribution >= 0.6 is 0 Å². The molecule has 0 unspecified atom stereocenters. The van der Waals surface area contributed by atoms with Crippen LogP contribution in [0.25, 0.3) is 27.9 Å². The number of phenols is 1. The summed E-state index contributed by atoms with van der Waals surface area (Å²) in [5.41, 5.74) is 6.56. The molecule has 5 rings (SSSR count). The number of aryl methyl sites for hydroxylation is 1. The normalized spacial score (nSPS) is 14.0. The van der Waals surface area contributed by atoms with Crippen LogP contribution in [-0.4, -0.2) is 43.8 Å². The first-order valence-corrected chi connectivity index (χ1v) is 11.6. The van der Waals surface area contributed by atoms with E-state index in [9.17, 15) is 9.90 Å². The standard InChI is InChI=1S/C28H28N4O2/c1-18(2)32-27-25(17-29-32)24(16-26(30-27)23-7-5-4-6-19(23)3)28(34)31-14-12-21(13-15-31)20-8-10-22(33)11-9-20/h4-12,16-18,33H,13-15H2,1-3H3. The number of rotatable bonds is 4. The van der Waals surface area contributed by atoms with Crippen LogP contribution in [0.5, 0.6) is 5.75 Å². The largest absolute Gasteiger partial charge is 0.508 e. The van der Waals surface area contributed by atoms with E-state index in [1.807, 2.05) is 46.0 Å². The Morgan fingerprint density at radius 3 is 2.53 bits per heavy atom. The van der Waals surface area contributed by atoms with Crippen molar-refractivity contribution in [1.29, 1.82) is 0 Å². The van der Waals surface area contributed by atoms with E-state index in [1.165, 1.54) is 5.57 Å². The second-order valence-electron chi connectivity index (χ2n) is 9.07. The Hall–Kier alpha value is -3.93. The van der Waals surface area contributed by atoms with Crippen LogP contribution in [0, 0.1) is 6.92 Å². The molecule has 0 aliphatic carbocycles. The van der Waals surface area contributed by atoms with Gasteiger partial charge < -0.3 is 10.0 Å². The lowest BCUT2D eigenvalue weighted by atomic mass is 9.98. The van der Waals surface area contributed by atoms with Gasteiger partial charge in [0.1, 0.15) is 5.75 Å². The molecule has 0 bridgehead atoms. The molecule has 0 saturated heterocycles. The summed E-state index contributed by atoms with van der Waals surface area (Å²) in [6, 6.07) is 17.4. The summed E-state index contributed by atoms with van der Waals surface area (Å²) >= 11 is 0. The molecule has 0 radical (unpaired) electrons. The SMILES string of the molecule is Cc1ccccc1-c1cc(C(=O)N2CC=C(c3ccc(O)cc3)CC2)c2cnn(C(C)C)c2n1. The van der Waals surface area contributed by atoms with Crippen LogP contribution in [0.2, 0.25) is 0 Å². The van der Waals surface area contributed by atoms with E-state index >= 15 is 0 Å². The van der Waals surface area contributed by atoms with Crippen LogP contribution in [0.15, 0.2) is 66.9 Å². The second-order valence-corrected chi connectivity index (χ2v) is 9.07. The van der Waals surface area contributed by atoms with Crippen LogP contribution in [-0.2, 0) is 0 Å². The Kier molecular flexibility index (Phi) is 5.65. The zero-order chi connectivity index (χ0) is 23.8. The van der Waals surface area contributed by atoms with Gasteiger partial charge in [0, 0.05) is 24.7 Å². The molecule has 0 saturated carbocycles. The van der Waals surface area contributed by atoms with Gasteiger partial charge in [0.25, 0.3) is 5.91 Å². The van der Waals surface area contributed by atoms with Crippen molar-refractivity contribution in [3.8, 4) is 17.0 Å². The molecular weight excluding hydrogens is 424 g/mol. The Balaban J connectivity index is 1.53. The topological polar surface area (TPSA) is 71.2 Å². The van der Waals surface area contributed by atoms with E-state index in [1.54, 1.807) is 18.3 Å². The van der Waals surface area contributed by atoms with Crippen LogP contribution in [0.4, 0.5) is 0 Å². The van der Waals surface area contributed by atoms with Gasteiger partial charge in [-0.15, -0.1) is 0 Å². The third kappa shape index (κ3) is 3.96. The number of carbonyl (C=O) groups is 1. The maximum absolute atomic E-state index is 13.7. The number of carbonyl (C=O) groups excluding carboxylic acids is 1. The lowest BCUT2D eigenvalue weighted by Gasteiger charge is -2.27. The average Bonchev–Trinajstić information content (AvgIpc) is 3.28. The molecule has 0 atom stereocenters. The fourth-order valence-electron chi connectivity index (χ4n) is 4.53. The third-order valence-corrected chi connectivity index (χ3v) is 6.44. The lowest BCUT2D eigenvalue weighted by Crippen LogP contribution is -2.34. The van der Waals surface area contributed by atoms with Gasteiger partial charge >= 0.3 is 0 Å². The highest BCUT2D eigenvalue weighted by atomic mass is 16.3. The summed E-state index contributed by atoms with van der Waals surface area (Å²) in [4.78, 5) is 20.6. The molecule has 0 spiro atoms. The van der Waals surface area contributed by atoms with Gasteiger partial charge in [0.15, 0.2) is 5.65 Å². The predicted molar refractivity (Wildman–Crippen MR) is 135 cm³/mol. The minimum Gasteiger partial charge on any atom is -0.508 e. The molecule has 1 aliphatic heterocycles. The van der Waals surface area contributed by atoms with Crippen LogP contribution in [0.1, 0.15) is 47.8 Å². The quantitative estimate of drug-likeness (QED) is 0.436. The van der Waals surface area contributed by atoms with Gasteiger partial charge in [-0.1, -0.05) is 42.5 Å². The van der Waals surface area contributed by atoms with Gasteiger partial charge in [-0.25, -0.2) is 9.67 Å². The Morgan fingerprint density at radius 1 is 1.09 bits per heavy atom. The summed E-state index contributed by atoms with van der Waals surface area (Å²) in [5, 5.41) is 14.9. The van der Waals surface area contributed by atoms with Gasteiger partial charge in [0.2, 0.25) is 0 Å². The first kappa shape index (κ1) is 21.9. The molecule has 3 heterocycles. The van der Waals surface area contributed by atoms with Crippen molar-refractivity contribution in [3.05, 3.63) is 83.6 Å². The van der Waals surface area contributed by atoms with Gasteiger partial charge in [-0.05, 0) is 62.1 Å². The maximum atomic E-state index is 13.7. The van der Waals surface area contributed by atoms with E-state index in [0.29, 0.717) is 18.7 Å². The van der Waals surface area contributed by atoms with Crippen molar-refractivity contribution in [3.63, 3.8) is 0 Å². The summed E-state index contributed by atoms with van der Waals surface area (Å²) in [7, 11) is 0. The molecule has 34 heavy (non-hydrogen) atoms. The number of aromatic nitrogens is 3. The fraction of sp³-hybridized carbons (Fsp3) is 0.250. The van der Waals surface area contributed by atoms with Gasteiger partial charge in [0.05, 0.1) is 22.8 Å². The summed E-state index contributed by atoms with van der Waals surface area (Å²) < 4.78 is 1.88. The number of nitrogens with zero attached hydrogens (tertiary/aromatic N) is 4. The van der Waals surface area contributed by atoms with Crippen LogP contribution < -0.4 is 0 Å². The van der Waals surface area contributed by atoms with Gasteiger partial charge in [-0.3, -0.25) is 4.79 Å². The van der Waals surface area contributed by atoms with Crippen molar-refractivity contribution in [2.75, 3.05) is 13.1 Å². The molecule has 172 valence electrons. The molecule has 0 fully saturated rings. The van der Waals surface area contributed by atoms with Crippen molar-refractivity contribution < 1.29 is 9.90 Å². The smallest absolute Gasteiger partial charge is 0.255 e. The first-order chi connectivity index (χ1) is 16.4. The zero-order valence-electron chi connectivity index (χ0n) is 19.7. The summed E-state index contributed by atoms with van der Waals surface area (Å²) in [6.07, 6.45) is 4.63. The fourth-order valence-corrected chi connectivity index (χ4v) is 4.53. The molecule has 6 heteroatoms. The number of benzene rings is 2. The molecule has 1 amide bonds. The first-order valence-electron chi connectivity index (χ1n) is 11.6. The number of amides is 1. The molecule has 4 aromatic rings. The number of aromatic hydroxyl groups is 1. The monoisotopic (exact) mass is 452 g/mol. The number of pyridine rings is 1. The van der Waals surface area contributed by atoms with Crippen molar-refractivity contribution >= 4 is 22.5 Å². The minimum absolute atomic E-state index is 0.00783. The molecule has 2 aromatic carbocycles. The predicted octanol–water partition coefficient (Wildman–Crippen LogP) is 5.62. The van der Waals surface area contributed by atoms with Crippen molar-refractivity contribution in [2.24, 2.45) is 0 Å². The molecule has 2 aromatic heterocycles. The minimum atomic E-state index is -0.00783. The summed E-state index contributed by atoms with van der Waals surface area (Å²) in [5.74, 6) is 0.247. The highest BCUT2D eigenvalue weighted by Gasteiger charge is 2.24. The number of fused-ring (bicyclic) bond motifs is 1. The van der Waals surface area contributed by atoms with E-state index in [0.717, 1.165) is 39.8 Å². The Morgan fingerprint density at radius 2 is 1.85 bits per heavy atom. The van der Waals surface area contributed by atoms with E-state index < -0.39 is 0 Å². The third-order valence-electron chi connectivity index (χ3n) is 6.44. The highest BCUT2D eigenvalue weighted by Crippen LogP contribution is 2.30.